The molecule has 8 heteroatoms. The molecule has 0 aromatic heterocycles. The van der Waals surface area contributed by atoms with Crippen molar-refractivity contribution in [3.8, 4) is 0 Å². The van der Waals surface area contributed by atoms with Crippen LogP contribution in [0.4, 0.5) is 0 Å². The molecule has 2 atom stereocenters. The average molecular weight is 541 g/mol. The molecule has 4 aliphatic rings. The fraction of sp³-hybridized carbons (Fsp3) is 0.966. The van der Waals surface area contributed by atoms with Crippen molar-refractivity contribution < 1.29 is 23.7 Å². The molecule has 4 fully saturated rings. The predicted octanol–water partition coefficient (Wildman–Crippen LogP) is 5.02. The summed E-state index contributed by atoms with van der Waals surface area (Å²) in [7, 11) is 4.36. The van der Waals surface area contributed by atoms with Crippen LogP contribution in [0.2, 0.25) is 0 Å². The van der Waals surface area contributed by atoms with Crippen LogP contribution in [0, 0.1) is 5.41 Å². The first-order valence-corrected chi connectivity index (χ1v) is 14.4. The number of carbonyl (C=O) groups excluding carboxylic acids is 1. The van der Waals surface area contributed by atoms with Crippen molar-refractivity contribution in [3.63, 3.8) is 0 Å². The molecule has 0 radical (unpaired) electrons. The second-order valence-electron chi connectivity index (χ2n) is 15.3. The Hall–Kier alpha value is -0.220. The Balaban J connectivity index is 1.44. The van der Waals surface area contributed by atoms with E-state index in [1.165, 1.54) is 0 Å². The van der Waals surface area contributed by atoms with E-state index in [-0.39, 0.29) is 39.5 Å². The van der Waals surface area contributed by atoms with Crippen molar-refractivity contribution in [1.82, 2.24) is 9.80 Å². The summed E-state index contributed by atoms with van der Waals surface area (Å²) < 4.78 is 26.2. The standard InChI is InChI=1S/C29H52N2O5S/c1-23(2)16-28(17-24(3,4)30(23)10)33-14-20(35-28)12-27(9,22(32)37)13-21-15-34-29(36-21)18-25(5,6)31(11)26(7,8)19-29/h20-21H,12-19H2,1-11H3,(H,32,37). The molecule has 0 aromatic rings. The van der Waals surface area contributed by atoms with E-state index >= 15 is 0 Å². The van der Waals surface area contributed by atoms with Gasteiger partial charge >= 0.3 is 0 Å². The van der Waals surface area contributed by atoms with Crippen LogP contribution in [0.3, 0.4) is 0 Å². The van der Waals surface area contributed by atoms with Gasteiger partial charge in [-0.15, -0.1) is 12.6 Å². The molecule has 0 bridgehead atoms. The van der Waals surface area contributed by atoms with Crippen molar-refractivity contribution in [3.05, 3.63) is 0 Å². The lowest BCUT2D eigenvalue weighted by molar-refractivity contribution is -0.245. The summed E-state index contributed by atoms with van der Waals surface area (Å²) >= 11 is 4.35. The summed E-state index contributed by atoms with van der Waals surface area (Å²) in [6, 6.07) is 0. The fourth-order valence-electron chi connectivity index (χ4n) is 7.94. The Bertz CT molecular complexity index is 803. The Labute approximate surface area is 230 Å². The zero-order valence-corrected chi connectivity index (χ0v) is 26.1. The quantitative estimate of drug-likeness (QED) is 0.492. The number of ether oxygens (including phenoxy) is 4. The fourth-order valence-corrected chi connectivity index (χ4v) is 8.13. The molecule has 0 aliphatic carbocycles. The monoisotopic (exact) mass is 540 g/mol. The zero-order valence-electron chi connectivity index (χ0n) is 25.2. The minimum absolute atomic E-state index is 0.0573. The third-order valence-electron chi connectivity index (χ3n) is 10.1. The highest BCUT2D eigenvalue weighted by molar-refractivity contribution is 7.96. The topological polar surface area (TPSA) is 60.5 Å². The number of rotatable bonds is 5. The number of hydrogen-bond acceptors (Lipinski definition) is 7. The van der Waals surface area contributed by atoms with Gasteiger partial charge in [0.15, 0.2) is 16.7 Å². The maximum Gasteiger partial charge on any atom is 0.191 e. The molecule has 2 unspecified atom stereocenters. The smallest absolute Gasteiger partial charge is 0.191 e. The largest absolute Gasteiger partial charge is 0.347 e. The number of nitrogens with zero attached hydrogens (tertiary/aromatic N) is 2. The second kappa shape index (κ2) is 9.15. The highest BCUT2D eigenvalue weighted by Gasteiger charge is 2.58. The molecule has 2 spiro atoms. The second-order valence-corrected chi connectivity index (χ2v) is 15.7. The van der Waals surface area contributed by atoms with Gasteiger partial charge in [-0.1, -0.05) is 6.92 Å². The van der Waals surface area contributed by atoms with Crippen molar-refractivity contribution in [1.29, 1.82) is 0 Å². The van der Waals surface area contributed by atoms with Crippen molar-refractivity contribution in [2.75, 3.05) is 27.3 Å². The van der Waals surface area contributed by atoms with Gasteiger partial charge in [0.1, 0.15) is 0 Å². The van der Waals surface area contributed by atoms with E-state index in [9.17, 15) is 4.79 Å². The van der Waals surface area contributed by atoms with Crippen molar-refractivity contribution >= 4 is 17.7 Å². The molecule has 0 amide bonds. The summed E-state index contributed by atoms with van der Waals surface area (Å²) in [4.78, 5) is 17.8. The highest BCUT2D eigenvalue weighted by atomic mass is 32.1. The number of hydrogen-bond donors (Lipinski definition) is 1. The maximum absolute atomic E-state index is 12.9. The van der Waals surface area contributed by atoms with Gasteiger partial charge in [-0.2, -0.15) is 0 Å². The van der Waals surface area contributed by atoms with E-state index in [2.05, 4.69) is 91.9 Å². The molecule has 0 N–H and O–H groups in total. The van der Waals surface area contributed by atoms with Crippen LogP contribution in [0.1, 0.15) is 101 Å². The van der Waals surface area contributed by atoms with E-state index < -0.39 is 17.0 Å². The molecule has 4 heterocycles. The van der Waals surface area contributed by atoms with Crippen LogP contribution < -0.4 is 0 Å². The Kier molecular flexibility index (Phi) is 7.36. The van der Waals surface area contributed by atoms with E-state index in [4.69, 9.17) is 18.9 Å². The number of thiol groups is 1. The van der Waals surface area contributed by atoms with Gasteiger partial charge < -0.3 is 18.9 Å². The predicted molar refractivity (Wildman–Crippen MR) is 149 cm³/mol. The summed E-state index contributed by atoms with van der Waals surface area (Å²) in [6.07, 6.45) is 3.98. The minimum Gasteiger partial charge on any atom is -0.347 e. The van der Waals surface area contributed by atoms with Crippen LogP contribution in [-0.4, -0.2) is 88.2 Å². The number of piperidine rings is 2. The van der Waals surface area contributed by atoms with Gasteiger partial charge in [0.2, 0.25) is 0 Å². The normalized spacial score (nSPS) is 35.6. The summed E-state index contributed by atoms with van der Waals surface area (Å²) in [5.74, 6) is -1.24. The molecule has 4 rings (SSSR count). The van der Waals surface area contributed by atoms with Crippen LogP contribution >= 0.6 is 12.6 Å². The van der Waals surface area contributed by atoms with Crippen LogP contribution in [0.25, 0.3) is 0 Å². The molecular weight excluding hydrogens is 488 g/mol. The lowest BCUT2D eigenvalue weighted by Gasteiger charge is -2.56. The van der Waals surface area contributed by atoms with E-state index in [1.54, 1.807) is 0 Å². The Morgan fingerprint density at radius 3 is 1.30 bits per heavy atom. The highest BCUT2D eigenvalue weighted by Crippen LogP contribution is 2.51. The lowest BCUT2D eigenvalue weighted by atomic mass is 9.76. The minimum atomic E-state index is -0.699. The Morgan fingerprint density at radius 2 is 1.03 bits per heavy atom. The van der Waals surface area contributed by atoms with E-state index in [0.717, 1.165) is 25.7 Å². The van der Waals surface area contributed by atoms with Gasteiger partial charge in [-0.25, -0.2) is 0 Å². The first-order chi connectivity index (χ1) is 16.7. The maximum atomic E-state index is 12.9. The zero-order chi connectivity index (χ0) is 27.9. The first-order valence-electron chi connectivity index (χ1n) is 14.0. The van der Waals surface area contributed by atoms with Gasteiger partial charge in [0, 0.05) is 53.3 Å². The molecule has 214 valence electrons. The molecule has 7 nitrogen and oxygen atoms in total. The Morgan fingerprint density at radius 1 is 0.730 bits per heavy atom. The van der Waals surface area contributed by atoms with Crippen molar-refractivity contribution in [2.24, 2.45) is 5.41 Å². The summed E-state index contributed by atoms with van der Waals surface area (Å²) in [5.41, 5.74) is -0.928. The van der Waals surface area contributed by atoms with Gasteiger partial charge in [-0.3, -0.25) is 14.6 Å². The lowest BCUT2D eigenvalue weighted by Crippen LogP contribution is -2.64. The SMILES string of the molecule is CN1C(C)(C)CC2(CC1(C)C)OCC(CC(C)(CC1COC3(CC(C)(C)N(C)C(C)(C)C3)O1)C(=O)S)O2. The third-order valence-corrected chi connectivity index (χ3v) is 10.7. The number of carbonyl (C=O) groups is 1. The van der Waals surface area contributed by atoms with Crippen LogP contribution in [0.5, 0.6) is 0 Å². The first kappa shape index (κ1) is 29.8. The molecule has 37 heavy (non-hydrogen) atoms. The van der Waals surface area contributed by atoms with E-state index in [0.29, 0.717) is 26.1 Å². The average Bonchev–Trinajstić information content (AvgIpc) is 3.26. The van der Waals surface area contributed by atoms with Gasteiger partial charge in [-0.05, 0) is 82.3 Å². The summed E-state index contributed by atoms with van der Waals surface area (Å²) in [5, 5.41) is -0.130. The van der Waals surface area contributed by atoms with Crippen molar-refractivity contribution in [2.45, 2.75) is 147 Å². The third kappa shape index (κ3) is 5.55. The van der Waals surface area contributed by atoms with E-state index in [1.807, 2.05) is 6.92 Å². The summed E-state index contributed by atoms with van der Waals surface area (Å²) in [6.45, 7) is 21.0. The van der Waals surface area contributed by atoms with Crippen LogP contribution in [0.15, 0.2) is 0 Å². The van der Waals surface area contributed by atoms with Gasteiger partial charge in [0.25, 0.3) is 0 Å². The van der Waals surface area contributed by atoms with Gasteiger partial charge in [0.05, 0.1) is 25.4 Å². The molecule has 4 saturated heterocycles. The van der Waals surface area contributed by atoms with Crippen LogP contribution in [-0.2, 0) is 23.7 Å². The molecular formula is C29H52N2O5S. The molecule has 4 aliphatic heterocycles. The molecule has 0 aromatic carbocycles. The number of likely N-dealkylation sites (tertiary alicyclic amines) is 2. The molecule has 0 saturated carbocycles.